The summed E-state index contributed by atoms with van der Waals surface area (Å²) < 4.78 is 20.9. The lowest BCUT2D eigenvalue weighted by atomic mass is 9.87. The molecule has 5 nitrogen and oxygen atoms in total. The molecule has 3 aromatic rings. The smallest absolute Gasteiger partial charge is 0.226 e. The van der Waals surface area contributed by atoms with Crippen LogP contribution in [0.1, 0.15) is 43.2 Å². The minimum absolute atomic E-state index is 0.0790. The van der Waals surface area contributed by atoms with E-state index in [1.54, 1.807) is 23.0 Å². The van der Waals surface area contributed by atoms with Gasteiger partial charge in [-0.2, -0.15) is 5.10 Å². The van der Waals surface area contributed by atoms with E-state index in [1.165, 1.54) is 12.1 Å². The van der Waals surface area contributed by atoms with Crippen molar-refractivity contribution >= 4 is 11.7 Å². The van der Waals surface area contributed by atoms with Crippen molar-refractivity contribution in [1.82, 2.24) is 9.78 Å². The van der Waals surface area contributed by atoms with Crippen molar-refractivity contribution in [1.29, 1.82) is 0 Å². The second-order valence-corrected chi connectivity index (χ2v) is 6.88. The molecule has 1 N–H and O–H groups in total. The van der Waals surface area contributed by atoms with Gasteiger partial charge in [-0.15, -0.1) is 0 Å². The summed E-state index contributed by atoms with van der Waals surface area (Å²) in [5.41, 5.74) is 2.60. The summed E-state index contributed by atoms with van der Waals surface area (Å²) in [6, 6.07) is 13.9. The molecule has 4 rings (SSSR count). The van der Waals surface area contributed by atoms with Crippen LogP contribution in [-0.2, 0) is 4.79 Å². The lowest BCUT2D eigenvalue weighted by molar-refractivity contribution is -0.116. The molecule has 1 aliphatic rings. The van der Waals surface area contributed by atoms with E-state index in [9.17, 15) is 9.18 Å². The Labute approximate surface area is 163 Å². The Morgan fingerprint density at radius 1 is 1.18 bits per heavy atom. The van der Waals surface area contributed by atoms with Crippen LogP contribution < -0.4 is 10.1 Å². The van der Waals surface area contributed by atoms with Gasteiger partial charge in [-0.25, -0.2) is 9.07 Å². The number of nitrogens with one attached hydrogen (secondary N) is 1. The van der Waals surface area contributed by atoms with Gasteiger partial charge in [-0.3, -0.25) is 4.79 Å². The quantitative estimate of drug-likeness (QED) is 0.634. The Hall–Kier alpha value is -3.15. The number of unbranched alkanes of at least 4 members (excludes halogenated alkanes) is 1. The maximum absolute atomic E-state index is 13.3. The largest absolute Gasteiger partial charge is 0.493 e. The topological polar surface area (TPSA) is 56.1 Å². The number of nitrogens with zero attached hydrogens (tertiary/aromatic N) is 2. The number of hydrogen-bond acceptors (Lipinski definition) is 3. The van der Waals surface area contributed by atoms with Crippen molar-refractivity contribution in [3.63, 3.8) is 0 Å². The van der Waals surface area contributed by atoms with E-state index in [4.69, 9.17) is 4.74 Å². The highest BCUT2D eigenvalue weighted by atomic mass is 19.1. The minimum atomic E-state index is -0.315. The van der Waals surface area contributed by atoms with E-state index in [-0.39, 0.29) is 17.6 Å². The van der Waals surface area contributed by atoms with Crippen LogP contribution in [-0.4, -0.2) is 22.3 Å². The molecule has 1 atom stereocenters. The minimum Gasteiger partial charge on any atom is -0.493 e. The zero-order valence-corrected chi connectivity index (χ0v) is 15.7. The lowest BCUT2D eigenvalue weighted by Gasteiger charge is -2.25. The third-order valence-corrected chi connectivity index (χ3v) is 4.94. The number of aromatic nitrogens is 2. The summed E-state index contributed by atoms with van der Waals surface area (Å²) in [5, 5.41) is 7.37. The average Bonchev–Trinajstić information content (AvgIpc) is 3.12. The number of ether oxygens (including phenoxy) is 1. The predicted octanol–water partition coefficient (Wildman–Crippen LogP) is 4.66. The fourth-order valence-corrected chi connectivity index (χ4v) is 3.50. The lowest BCUT2D eigenvalue weighted by Crippen LogP contribution is -2.25. The van der Waals surface area contributed by atoms with Crippen molar-refractivity contribution < 1.29 is 13.9 Å². The molecule has 2 heterocycles. The highest BCUT2D eigenvalue weighted by molar-refractivity contribution is 5.94. The molecule has 144 valence electrons. The maximum atomic E-state index is 13.3. The van der Waals surface area contributed by atoms with Gasteiger partial charge in [-0.05, 0) is 36.8 Å². The molecule has 0 radical (unpaired) electrons. The molecule has 1 amide bonds. The summed E-state index contributed by atoms with van der Waals surface area (Å²) in [6.45, 7) is 2.77. The Kier molecular flexibility index (Phi) is 5.10. The molecule has 0 bridgehead atoms. The van der Waals surface area contributed by atoms with Crippen LogP contribution in [0.25, 0.3) is 5.69 Å². The predicted molar refractivity (Wildman–Crippen MR) is 105 cm³/mol. The zero-order valence-electron chi connectivity index (χ0n) is 15.7. The molecule has 0 unspecified atom stereocenters. The van der Waals surface area contributed by atoms with Gasteiger partial charge in [0.2, 0.25) is 5.91 Å². The van der Waals surface area contributed by atoms with Crippen LogP contribution in [0.4, 0.5) is 10.2 Å². The first-order chi connectivity index (χ1) is 13.7. The monoisotopic (exact) mass is 379 g/mol. The number of fused-ring (bicyclic) bond motifs is 1. The fourth-order valence-electron chi connectivity index (χ4n) is 3.50. The summed E-state index contributed by atoms with van der Waals surface area (Å²) in [5.74, 6) is 0.887. The van der Waals surface area contributed by atoms with Gasteiger partial charge in [0.05, 0.1) is 18.5 Å². The second kappa shape index (κ2) is 7.84. The Balaban J connectivity index is 1.73. The van der Waals surface area contributed by atoms with Gasteiger partial charge in [0, 0.05) is 23.5 Å². The number of para-hydroxylation sites is 1. The molecule has 0 spiro atoms. The molecule has 6 heteroatoms. The normalized spacial score (nSPS) is 15.8. The van der Waals surface area contributed by atoms with E-state index >= 15 is 0 Å². The maximum Gasteiger partial charge on any atom is 0.226 e. The summed E-state index contributed by atoms with van der Waals surface area (Å²) in [7, 11) is 0. The Morgan fingerprint density at radius 2 is 1.96 bits per heavy atom. The summed E-state index contributed by atoms with van der Waals surface area (Å²) in [4.78, 5) is 12.5. The molecule has 0 saturated carbocycles. The standard InChI is InChI=1S/C22H22FN3O2/c1-2-3-12-28-20-7-5-4-6-17(20)18-13-21(27)25-22-19(18)14-24-26(22)16-10-8-15(23)9-11-16/h4-11,14,18H,2-3,12-13H2,1H3,(H,25,27)/t18-/m0/s1. The Morgan fingerprint density at radius 3 is 2.75 bits per heavy atom. The number of benzene rings is 2. The van der Waals surface area contributed by atoms with Gasteiger partial charge in [0.1, 0.15) is 17.4 Å². The third kappa shape index (κ3) is 3.50. The van der Waals surface area contributed by atoms with Gasteiger partial charge < -0.3 is 10.1 Å². The zero-order chi connectivity index (χ0) is 19.5. The molecule has 1 aromatic heterocycles. The van der Waals surface area contributed by atoms with Crippen molar-refractivity contribution in [3.8, 4) is 11.4 Å². The number of anilines is 1. The number of hydrogen-bond donors (Lipinski definition) is 1. The molecule has 1 aliphatic heterocycles. The van der Waals surface area contributed by atoms with E-state index in [0.29, 0.717) is 24.5 Å². The second-order valence-electron chi connectivity index (χ2n) is 6.88. The average molecular weight is 379 g/mol. The highest BCUT2D eigenvalue weighted by Gasteiger charge is 2.32. The number of rotatable bonds is 6. The first kappa shape index (κ1) is 18.2. The third-order valence-electron chi connectivity index (χ3n) is 4.94. The molecule has 0 saturated heterocycles. The first-order valence-corrected chi connectivity index (χ1v) is 9.52. The van der Waals surface area contributed by atoms with Crippen molar-refractivity contribution in [2.75, 3.05) is 11.9 Å². The molecular formula is C22H22FN3O2. The van der Waals surface area contributed by atoms with E-state index in [0.717, 1.165) is 29.7 Å². The molecule has 2 aromatic carbocycles. The molecule has 0 fully saturated rings. The van der Waals surface area contributed by atoms with Crippen molar-refractivity contribution in [3.05, 3.63) is 71.7 Å². The SMILES string of the molecule is CCCCOc1ccccc1[C@@H]1CC(=O)Nc2c1cnn2-c1ccc(F)cc1. The van der Waals surface area contributed by atoms with Crippen LogP contribution >= 0.6 is 0 Å². The number of carbonyl (C=O) groups is 1. The van der Waals surface area contributed by atoms with E-state index in [1.807, 2.05) is 24.3 Å². The van der Waals surface area contributed by atoms with Gasteiger partial charge >= 0.3 is 0 Å². The van der Waals surface area contributed by atoms with Crippen molar-refractivity contribution in [2.45, 2.75) is 32.1 Å². The highest BCUT2D eigenvalue weighted by Crippen LogP contribution is 2.41. The first-order valence-electron chi connectivity index (χ1n) is 9.52. The van der Waals surface area contributed by atoms with E-state index in [2.05, 4.69) is 17.3 Å². The fraction of sp³-hybridized carbons (Fsp3) is 0.273. The summed E-state index contributed by atoms with van der Waals surface area (Å²) in [6.07, 6.45) is 4.14. The van der Waals surface area contributed by atoms with Crippen molar-refractivity contribution in [2.24, 2.45) is 0 Å². The van der Waals surface area contributed by atoms with Crippen LogP contribution in [0.15, 0.2) is 54.7 Å². The number of halogens is 1. The van der Waals surface area contributed by atoms with Crippen LogP contribution in [0, 0.1) is 5.82 Å². The number of carbonyl (C=O) groups excluding carboxylic acids is 1. The van der Waals surface area contributed by atoms with Gasteiger partial charge in [0.15, 0.2) is 0 Å². The summed E-state index contributed by atoms with van der Waals surface area (Å²) >= 11 is 0. The van der Waals surface area contributed by atoms with Gasteiger partial charge in [-0.1, -0.05) is 31.5 Å². The molecule has 0 aliphatic carbocycles. The van der Waals surface area contributed by atoms with E-state index < -0.39 is 0 Å². The van der Waals surface area contributed by atoms with Crippen LogP contribution in [0.5, 0.6) is 5.75 Å². The Bertz CT molecular complexity index is 982. The van der Waals surface area contributed by atoms with Gasteiger partial charge in [0.25, 0.3) is 0 Å². The molecule has 28 heavy (non-hydrogen) atoms. The van der Waals surface area contributed by atoms with Crippen LogP contribution in [0.2, 0.25) is 0 Å². The molecular weight excluding hydrogens is 357 g/mol. The number of amides is 1. The van der Waals surface area contributed by atoms with Crippen LogP contribution in [0.3, 0.4) is 0 Å².